The number of benzene rings is 1. The van der Waals surface area contributed by atoms with Crippen LogP contribution in [0.15, 0.2) is 67.0 Å². The fraction of sp³-hybridized carbons (Fsp3) is 0.231. The van der Waals surface area contributed by atoms with Crippen LogP contribution in [0.4, 0.5) is 19.0 Å². The molecule has 1 aromatic carbocycles. The molecule has 14 heteroatoms. The number of hydrogen-bond acceptors (Lipinski definition) is 6. The van der Waals surface area contributed by atoms with Gasteiger partial charge in [0, 0.05) is 0 Å². The van der Waals surface area contributed by atoms with Crippen molar-refractivity contribution in [2.45, 2.75) is 31.5 Å². The van der Waals surface area contributed by atoms with Crippen LogP contribution in [-0.4, -0.2) is 61.4 Å². The van der Waals surface area contributed by atoms with E-state index in [-0.39, 0.29) is 11.4 Å². The van der Waals surface area contributed by atoms with Gasteiger partial charge in [-0.2, -0.15) is 13.2 Å². The van der Waals surface area contributed by atoms with Gasteiger partial charge < -0.3 is 0 Å². The molecule has 1 N–H and O–H groups in total. The van der Waals surface area contributed by atoms with Gasteiger partial charge in [-0.05, 0) is 6.07 Å². The molecule has 40 heavy (non-hydrogen) atoms. The summed E-state index contributed by atoms with van der Waals surface area (Å²) in [5, 5.41) is 3.34. The number of halogens is 3. The Morgan fingerprint density at radius 3 is 2.58 bits per heavy atom. The van der Waals surface area contributed by atoms with Gasteiger partial charge >= 0.3 is 218 Å². The van der Waals surface area contributed by atoms with Crippen molar-refractivity contribution in [3.8, 4) is 11.3 Å². The molecule has 0 aliphatic carbocycles. The molecule has 3 aromatic heterocycles. The number of sulfonamides is 1. The van der Waals surface area contributed by atoms with Crippen molar-refractivity contribution in [1.29, 1.82) is 0 Å². The third-order valence-corrected chi connectivity index (χ3v) is 8.80. The molecule has 1 atom stereocenters. The predicted molar refractivity (Wildman–Crippen MR) is 143 cm³/mol. The Kier molecular flexibility index (Phi) is 7.56. The molecule has 0 bridgehead atoms. The number of aromatic nitrogens is 4. The van der Waals surface area contributed by atoms with E-state index in [0.717, 1.165) is 36.6 Å². The topological polar surface area (TPSA) is 110 Å². The number of hydrogen-bond donors (Lipinski definition) is 1. The molecule has 9 nitrogen and oxygen atoms in total. The maximum atomic E-state index is 13.0. The van der Waals surface area contributed by atoms with Gasteiger partial charge in [0.15, 0.2) is 0 Å². The molecule has 1 amide bonds. The molecule has 4 aromatic rings. The summed E-state index contributed by atoms with van der Waals surface area (Å²) in [6, 6.07) is 7.47. The monoisotopic (exact) mass is 630 g/mol. The summed E-state index contributed by atoms with van der Waals surface area (Å²) >= 11 is 2.38. The Morgan fingerprint density at radius 2 is 1.88 bits per heavy atom. The number of alkyl halides is 3. The third kappa shape index (κ3) is 5.41. The van der Waals surface area contributed by atoms with Crippen LogP contribution in [0.3, 0.4) is 0 Å². The van der Waals surface area contributed by atoms with E-state index in [1.165, 1.54) is 16.4 Å². The number of carbonyl (C=O) groups excluding carboxylic acids is 1. The fourth-order valence-electron chi connectivity index (χ4n) is 4.69. The molecule has 1 aliphatic rings. The Hall–Kier alpha value is -3.54. The number of anilines is 1. The summed E-state index contributed by atoms with van der Waals surface area (Å²) in [5.41, 5.74) is 1.14. The van der Waals surface area contributed by atoms with Gasteiger partial charge in [0.25, 0.3) is 0 Å². The molecule has 1 aliphatic heterocycles. The molecule has 0 unspecified atom stereocenters. The van der Waals surface area contributed by atoms with Crippen molar-refractivity contribution in [3.05, 3.63) is 83.9 Å². The van der Waals surface area contributed by atoms with Crippen molar-refractivity contribution in [1.82, 2.24) is 23.7 Å². The summed E-state index contributed by atoms with van der Waals surface area (Å²) in [6.45, 7) is 3.83. The molecular formula is C26H22AsF3N6O3S. The number of rotatable bonds is 6. The van der Waals surface area contributed by atoms with Crippen LogP contribution in [0.1, 0.15) is 47.1 Å². The van der Waals surface area contributed by atoms with Crippen LogP contribution >= 0.6 is 0 Å². The van der Waals surface area contributed by atoms with E-state index in [2.05, 4.69) is 38.7 Å². The number of fused-ring (bicyclic) bond motifs is 1. The van der Waals surface area contributed by atoms with Crippen molar-refractivity contribution in [2.75, 3.05) is 11.9 Å². The van der Waals surface area contributed by atoms with Crippen molar-refractivity contribution in [2.24, 2.45) is 0 Å². The molecule has 0 saturated carbocycles. The van der Waals surface area contributed by atoms with Crippen molar-refractivity contribution in [3.63, 3.8) is 0 Å². The van der Waals surface area contributed by atoms with Crippen LogP contribution in [-0.2, 0) is 16.2 Å². The first kappa shape index (κ1) is 28.0. The molecule has 2 radical (unpaired) electrons. The minimum atomic E-state index is -4.56. The average Bonchev–Trinajstić information content (AvgIpc) is 3.34. The number of piperidine rings is 1. The Balaban J connectivity index is 1.48. The summed E-state index contributed by atoms with van der Waals surface area (Å²) in [5.74, 6) is -0.308. The van der Waals surface area contributed by atoms with Gasteiger partial charge in [-0.1, -0.05) is 0 Å². The molecule has 1 fully saturated rings. The average molecular weight is 630 g/mol. The zero-order chi connectivity index (χ0) is 28.7. The van der Waals surface area contributed by atoms with Crippen LogP contribution in [0.2, 0.25) is 0 Å². The van der Waals surface area contributed by atoms with Crippen LogP contribution in [0.25, 0.3) is 16.8 Å². The van der Waals surface area contributed by atoms with E-state index in [0.29, 0.717) is 40.0 Å². The van der Waals surface area contributed by atoms with Gasteiger partial charge in [0.05, 0.1) is 0 Å². The van der Waals surface area contributed by atoms with Gasteiger partial charge in [-0.15, -0.1) is 0 Å². The van der Waals surface area contributed by atoms with Crippen LogP contribution < -0.4 is 9.80 Å². The molecule has 0 spiro atoms. The molecule has 5 rings (SSSR count). The van der Waals surface area contributed by atoms with Gasteiger partial charge in [-0.3, -0.25) is 0 Å². The summed E-state index contributed by atoms with van der Waals surface area (Å²) in [7, 11) is -3.69. The van der Waals surface area contributed by atoms with Gasteiger partial charge in [-0.25, -0.2) is 0 Å². The number of carbonyl (C=O) groups is 1. The summed E-state index contributed by atoms with van der Waals surface area (Å²) in [4.78, 5) is 25.8. The molecule has 1 saturated heterocycles. The van der Waals surface area contributed by atoms with Gasteiger partial charge in [0.2, 0.25) is 0 Å². The minimum absolute atomic E-state index is 0.202. The summed E-state index contributed by atoms with van der Waals surface area (Å²) in [6.07, 6.45) is 1.91. The number of nitrogens with zero attached hydrogens (tertiary/aromatic N) is 5. The summed E-state index contributed by atoms with van der Waals surface area (Å²) < 4.78 is 68.4. The van der Waals surface area contributed by atoms with E-state index < -0.39 is 33.7 Å². The molecule has 206 valence electrons. The normalized spacial score (nSPS) is 16.6. The third-order valence-electron chi connectivity index (χ3n) is 6.60. The molecule has 4 heterocycles. The Labute approximate surface area is 236 Å². The SMILES string of the molecule is C=CS(=O)(=O)N1CCCC[C@H]1c1nc(-c2ccc(C(=O)Nc3cc(C(F)(F)F)ccn3)cc2)c2c([As])nccn12. The number of pyridine rings is 1. The van der Waals surface area contributed by atoms with Crippen molar-refractivity contribution < 1.29 is 26.4 Å². The van der Waals surface area contributed by atoms with Crippen LogP contribution in [0.5, 0.6) is 0 Å². The Morgan fingerprint density at radius 1 is 1.12 bits per heavy atom. The number of nitrogens with one attached hydrogen (secondary N) is 1. The van der Waals surface area contributed by atoms with Crippen LogP contribution in [0, 0.1) is 0 Å². The second kappa shape index (κ2) is 10.8. The second-order valence-corrected chi connectivity index (χ2v) is 11.8. The fourth-order valence-corrected chi connectivity index (χ4v) is 6.41. The van der Waals surface area contributed by atoms with Crippen molar-refractivity contribution >= 4 is 48.6 Å². The zero-order valence-electron chi connectivity index (χ0n) is 20.8. The quantitative estimate of drug-likeness (QED) is 0.325. The number of imidazole rings is 1. The van der Waals surface area contributed by atoms with E-state index in [9.17, 15) is 26.4 Å². The van der Waals surface area contributed by atoms with E-state index >= 15 is 0 Å². The van der Waals surface area contributed by atoms with E-state index in [4.69, 9.17) is 4.98 Å². The first-order valence-electron chi connectivity index (χ1n) is 12.1. The maximum absolute atomic E-state index is 13.0. The first-order chi connectivity index (χ1) is 19.0. The molecular weight excluding hydrogens is 608 g/mol. The first-order valence-corrected chi connectivity index (χ1v) is 14.6. The van der Waals surface area contributed by atoms with E-state index in [1.54, 1.807) is 24.5 Å². The number of amides is 1. The standard InChI is InChI=1S/C26H22AsF3N6O3S/c1-2-40(38,39)36-13-4-3-5-19(36)24-34-21(22-23(27)32-12-14-35(22)24)16-6-8-17(9-7-16)25(37)33-20-15-18(10-11-31-20)26(28,29)30/h2,6-12,14-15,19H,1,3-5,13H2,(H,31,33,37)/t19-/m0/s1. The van der Waals surface area contributed by atoms with E-state index in [1.807, 2.05) is 4.40 Å². The predicted octanol–water partition coefficient (Wildman–Crippen LogP) is 3.86. The van der Waals surface area contributed by atoms with Gasteiger partial charge in [0.1, 0.15) is 0 Å². The second-order valence-electron chi connectivity index (χ2n) is 9.08. The zero-order valence-corrected chi connectivity index (χ0v) is 23.5. The Bertz CT molecular complexity index is 1710.